The molecule has 17 heavy (non-hydrogen) atoms. The van der Waals surface area contributed by atoms with Crippen LogP contribution in [0.25, 0.3) is 0 Å². The van der Waals surface area contributed by atoms with Crippen molar-refractivity contribution in [3.05, 3.63) is 18.3 Å². The maximum atomic E-state index is 5.30. The predicted octanol–water partition coefficient (Wildman–Crippen LogP) is 2.86. The maximum absolute atomic E-state index is 5.30. The Morgan fingerprint density at radius 2 is 2.24 bits per heavy atom. The first kappa shape index (κ1) is 11.9. The first-order valence-corrected chi connectivity index (χ1v) is 6.27. The summed E-state index contributed by atoms with van der Waals surface area (Å²) in [6.45, 7) is 3.54. The molecule has 1 aliphatic heterocycles. The SMILES string of the molecule is CCOc1ccc(NC2=NCCCCC2)cn1. The Labute approximate surface area is 102 Å². The molecule has 4 nitrogen and oxygen atoms in total. The maximum Gasteiger partial charge on any atom is 0.213 e. The molecule has 0 aromatic carbocycles. The lowest BCUT2D eigenvalue weighted by Gasteiger charge is -2.08. The van der Waals surface area contributed by atoms with Gasteiger partial charge in [0, 0.05) is 19.0 Å². The summed E-state index contributed by atoms with van der Waals surface area (Å²) >= 11 is 0. The van der Waals surface area contributed by atoms with Gasteiger partial charge < -0.3 is 10.1 Å². The highest BCUT2D eigenvalue weighted by Crippen LogP contribution is 2.14. The van der Waals surface area contributed by atoms with Crippen LogP contribution in [-0.2, 0) is 0 Å². The summed E-state index contributed by atoms with van der Waals surface area (Å²) < 4.78 is 5.30. The van der Waals surface area contributed by atoms with E-state index in [0.29, 0.717) is 12.5 Å². The Bertz CT molecular complexity index is 373. The highest BCUT2D eigenvalue weighted by atomic mass is 16.5. The van der Waals surface area contributed by atoms with Gasteiger partial charge in [0.15, 0.2) is 0 Å². The number of aromatic nitrogens is 1. The number of aliphatic imine (C=N–C) groups is 1. The molecule has 0 saturated heterocycles. The third kappa shape index (κ3) is 3.73. The fourth-order valence-electron chi connectivity index (χ4n) is 1.83. The van der Waals surface area contributed by atoms with Gasteiger partial charge >= 0.3 is 0 Å². The van der Waals surface area contributed by atoms with Crippen LogP contribution < -0.4 is 10.1 Å². The minimum atomic E-state index is 0.645. The number of pyridine rings is 1. The van der Waals surface area contributed by atoms with Crippen LogP contribution in [0.5, 0.6) is 5.88 Å². The third-order valence-electron chi connectivity index (χ3n) is 2.69. The van der Waals surface area contributed by atoms with Crippen LogP contribution in [0.4, 0.5) is 5.69 Å². The summed E-state index contributed by atoms with van der Waals surface area (Å²) in [5, 5.41) is 3.32. The van der Waals surface area contributed by atoms with E-state index < -0.39 is 0 Å². The van der Waals surface area contributed by atoms with Crippen LogP contribution in [0.15, 0.2) is 23.3 Å². The average molecular weight is 233 g/mol. The second-order valence-corrected chi connectivity index (χ2v) is 4.08. The Balaban J connectivity index is 1.95. The van der Waals surface area contributed by atoms with E-state index in [2.05, 4.69) is 15.3 Å². The van der Waals surface area contributed by atoms with Gasteiger partial charge in [-0.05, 0) is 25.8 Å². The molecule has 2 rings (SSSR count). The predicted molar refractivity (Wildman–Crippen MR) is 69.8 cm³/mol. The molecule has 0 atom stereocenters. The summed E-state index contributed by atoms with van der Waals surface area (Å²) in [5.41, 5.74) is 0.981. The molecular formula is C13H19N3O. The second kappa shape index (κ2) is 6.23. The topological polar surface area (TPSA) is 46.5 Å². The molecule has 92 valence electrons. The molecule has 0 amide bonds. The van der Waals surface area contributed by atoms with Gasteiger partial charge in [-0.2, -0.15) is 0 Å². The first-order chi connectivity index (χ1) is 8.38. The zero-order chi connectivity index (χ0) is 11.9. The van der Waals surface area contributed by atoms with Crippen LogP contribution in [-0.4, -0.2) is 24.0 Å². The summed E-state index contributed by atoms with van der Waals surface area (Å²) in [6.07, 6.45) is 6.52. The lowest BCUT2D eigenvalue weighted by Crippen LogP contribution is -2.11. The van der Waals surface area contributed by atoms with Crippen LogP contribution in [0, 0.1) is 0 Å². The van der Waals surface area contributed by atoms with Crippen molar-refractivity contribution >= 4 is 11.5 Å². The van der Waals surface area contributed by atoms with Crippen molar-refractivity contribution in [3.8, 4) is 5.88 Å². The monoisotopic (exact) mass is 233 g/mol. The summed E-state index contributed by atoms with van der Waals surface area (Å²) in [6, 6.07) is 3.86. The van der Waals surface area contributed by atoms with Crippen molar-refractivity contribution in [2.45, 2.75) is 32.6 Å². The lowest BCUT2D eigenvalue weighted by atomic mass is 10.2. The van der Waals surface area contributed by atoms with E-state index in [-0.39, 0.29) is 0 Å². The molecule has 0 bridgehead atoms. The number of nitrogens with zero attached hydrogens (tertiary/aromatic N) is 2. The lowest BCUT2D eigenvalue weighted by molar-refractivity contribution is 0.327. The van der Waals surface area contributed by atoms with Crippen molar-refractivity contribution < 1.29 is 4.74 Å². The molecule has 0 unspecified atom stereocenters. The Kier molecular flexibility index (Phi) is 4.36. The molecule has 0 aliphatic carbocycles. The standard InChI is InChI=1S/C13H19N3O/c1-2-17-13-8-7-11(10-15-13)16-12-6-4-3-5-9-14-12/h7-8,10H,2-6,9H2,1H3,(H,14,16). The molecule has 1 aliphatic rings. The quantitative estimate of drug-likeness (QED) is 0.873. The van der Waals surface area contributed by atoms with Crippen molar-refractivity contribution in [2.24, 2.45) is 4.99 Å². The van der Waals surface area contributed by atoms with Crippen LogP contribution in [0.2, 0.25) is 0 Å². The van der Waals surface area contributed by atoms with Gasteiger partial charge in [-0.1, -0.05) is 6.42 Å². The van der Waals surface area contributed by atoms with Gasteiger partial charge in [0.1, 0.15) is 5.84 Å². The van der Waals surface area contributed by atoms with Crippen LogP contribution in [0.1, 0.15) is 32.6 Å². The second-order valence-electron chi connectivity index (χ2n) is 4.08. The van der Waals surface area contributed by atoms with E-state index >= 15 is 0 Å². The number of ether oxygens (including phenoxy) is 1. The van der Waals surface area contributed by atoms with E-state index in [1.54, 1.807) is 6.20 Å². The fraction of sp³-hybridized carbons (Fsp3) is 0.538. The number of amidine groups is 1. The van der Waals surface area contributed by atoms with Gasteiger partial charge in [0.05, 0.1) is 18.5 Å². The molecule has 0 saturated carbocycles. The number of nitrogens with one attached hydrogen (secondary N) is 1. The minimum Gasteiger partial charge on any atom is -0.478 e. The summed E-state index contributed by atoms with van der Waals surface area (Å²) in [5.74, 6) is 1.74. The Morgan fingerprint density at radius 1 is 1.29 bits per heavy atom. The Morgan fingerprint density at radius 3 is 3.00 bits per heavy atom. The summed E-state index contributed by atoms with van der Waals surface area (Å²) in [7, 11) is 0. The van der Waals surface area contributed by atoms with Crippen LogP contribution in [0.3, 0.4) is 0 Å². The van der Waals surface area contributed by atoms with E-state index in [1.165, 1.54) is 19.3 Å². The van der Waals surface area contributed by atoms with Gasteiger partial charge in [0.25, 0.3) is 0 Å². The molecule has 1 aromatic rings. The van der Waals surface area contributed by atoms with Gasteiger partial charge in [-0.25, -0.2) is 4.98 Å². The number of hydrogen-bond donors (Lipinski definition) is 1. The zero-order valence-electron chi connectivity index (χ0n) is 10.3. The van der Waals surface area contributed by atoms with Gasteiger partial charge in [-0.3, -0.25) is 4.99 Å². The molecule has 2 heterocycles. The largest absolute Gasteiger partial charge is 0.478 e. The van der Waals surface area contributed by atoms with Gasteiger partial charge in [-0.15, -0.1) is 0 Å². The van der Waals surface area contributed by atoms with Crippen LogP contribution >= 0.6 is 0 Å². The number of anilines is 1. The number of hydrogen-bond acceptors (Lipinski definition) is 4. The fourth-order valence-corrected chi connectivity index (χ4v) is 1.83. The van der Waals surface area contributed by atoms with Crippen molar-refractivity contribution in [3.63, 3.8) is 0 Å². The average Bonchev–Trinajstić information content (AvgIpc) is 2.61. The molecule has 1 aromatic heterocycles. The molecule has 0 fully saturated rings. The first-order valence-electron chi connectivity index (χ1n) is 6.27. The minimum absolute atomic E-state index is 0.645. The molecule has 0 spiro atoms. The van der Waals surface area contributed by atoms with Crippen molar-refractivity contribution in [1.82, 2.24) is 4.98 Å². The van der Waals surface area contributed by atoms with E-state index in [4.69, 9.17) is 4.74 Å². The van der Waals surface area contributed by atoms with Crippen molar-refractivity contribution in [2.75, 3.05) is 18.5 Å². The highest BCUT2D eigenvalue weighted by Gasteiger charge is 2.04. The van der Waals surface area contributed by atoms with E-state index in [9.17, 15) is 0 Å². The molecule has 1 N–H and O–H groups in total. The zero-order valence-corrected chi connectivity index (χ0v) is 10.3. The molecule has 4 heteroatoms. The van der Waals surface area contributed by atoms with Gasteiger partial charge in [0.2, 0.25) is 5.88 Å². The summed E-state index contributed by atoms with van der Waals surface area (Å²) in [4.78, 5) is 8.74. The smallest absolute Gasteiger partial charge is 0.213 e. The molecule has 0 radical (unpaired) electrons. The Hall–Kier alpha value is -1.58. The molecular weight excluding hydrogens is 214 g/mol. The normalized spacial score (nSPS) is 15.9. The number of rotatable bonds is 3. The van der Waals surface area contributed by atoms with E-state index in [1.807, 2.05) is 19.1 Å². The highest BCUT2D eigenvalue weighted by molar-refractivity contribution is 5.95. The van der Waals surface area contributed by atoms with E-state index in [0.717, 1.165) is 24.5 Å². The third-order valence-corrected chi connectivity index (χ3v) is 2.69. The van der Waals surface area contributed by atoms with Crippen molar-refractivity contribution in [1.29, 1.82) is 0 Å².